The van der Waals surface area contributed by atoms with Gasteiger partial charge in [0, 0.05) is 12.1 Å². The smallest absolute Gasteiger partial charge is 0.253 e. The average Bonchev–Trinajstić information content (AvgIpc) is 2.60. The van der Waals surface area contributed by atoms with Gasteiger partial charge in [-0.25, -0.2) is 0 Å². The maximum Gasteiger partial charge on any atom is 0.253 e. The first kappa shape index (κ1) is 23.1. The number of benzene rings is 1. The second-order valence-corrected chi connectivity index (χ2v) is 7.80. The summed E-state index contributed by atoms with van der Waals surface area (Å²) in [7, 11) is 0. The molecule has 0 radical (unpaired) electrons. The van der Waals surface area contributed by atoms with Crippen molar-refractivity contribution in [3.63, 3.8) is 0 Å². The van der Waals surface area contributed by atoms with Gasteiger partial charge >= 0.3 is 0 Å². The van der Waals surface area contributed by atoms with Gasteiger partial charge in [-0.1, -0.05) is 23.7 Å². The zero-order chi connectivity index (χ0) is 18.2. The Morgan fingerprint density at radius 1 is 1.27 bits per heavy atom. The Morgan fingerprint density at radius 2 is 1.92 bits per heavy atom. The van der Waals surface area contributed by atoms with E-state index in [9.17, 15) is 9.59 Å². The quantitative estimate of drug-likeness (QED) is 0.633. The van der Waals surface area contributed by atoms with Gasteiger partial charge in [-0.05, 0) is 56.2 Å². The van der Waals surface area contributed by atoms with Gasteiger partial charge in [-0.2, -0.15) is 11.8 Å². The fraction of sp³-hybridized carbons (Fsp3) is 0.556. The third kappa shape index (κ3) is 6.99. The van der Waals surface area contributed by atoms with Crippen molar-refractivity contribution in [1.29, 1.82) is 0 Å². The number of carbonyl (C=O) groups excluding carboxylic acids is 2. The van der Waals surface area contributed by atoms with Crippen LogP contribution in [0.1, 0.15) is 42.5 Å². The van der Waals surface area contributed by atoms with Gasteiger partial charge in [0.05, 0.1) is 10.6 Å². The van der Waals surface area contributed by atoms with E-state index >= 15 is 0 Å². The van der Waals surface area contributed by atoms with Gasteiger partial charge in [0.1, 0.15) is 6.04 Å². The molecule has 146 valence electrons. The molecule has 1 aliphatic carbocycles. The Bertz CT molecular complexity index is 596. The molecular weight excluding hydrogens is 393 g/mol. The maximum atomic E-state index is 12.7. The molecule has 0 bridgehead atoms. The number of rotatable bonds is 7. The van der Waals surface area contributed by atoms with Crippen molar-refractivity contribution < 1.29 is 9.59 Å². The van der Waals surface area contributed by atoms with E-state index in [1.165, 1.54) is 0 Å². The molecular formula is C18H27Cl2N3O2S. The summed E-state index contributed by atoms with van der Waals surface area (Å²) in [6.45, 7) is 0. The molecule has 0 spiro atoms. The molecule has 1 saturated carbocycles. The van der Waals surface area contributed by atoms with Crippen LogP contribution in [-0.4, -0.2) is 41.9 Å². The molecule has 1 aromatic carbocycles. The van der Waals surface area contributed by atoms with E-state index in [0.29, 0.717) is 17.0 Å². The van der Waals surface area contributed by atoms with Crippen molar-refractivity contribution >= 4 is 47.6 Å². The summed E-state index contributed by atoms with van der Waals surface area (Å²) in [5.41, 5.74) is 6.30. The predicted octanol–water partition coefficient (Wildman–Crippen LogP) is 3.00. The fourth-order valence-corrected chi connectivity index (χ4v) is 3.64. The minimum Gasteiger partial charge on any atom is -0.352 e. The molecule has 5 nitrogen and oxygen atoms in total. The SMILES string of the molecule is CSCCC(NC(=O)c1ccccc1Cl)C(=O)NC1CCC(N)CC1.Cl. The van der Waals surface area contributed by atoms with E-state index in [1.807, 2.05) is 6.26 Å². The van der Waals surface area contributed by atoms with E-state index in [1.54, 1.807) is 36.0 Å². The first-order valence-electron chi connectivity index (χ1n) is 8.61. The summed E-state index contributed by atoms with van der Waals surface area (Å²) >= 11 is 7.72. The molecule has 1 atom stereocenters. The third-order valence-corrected chi connectivity index (χ3v) is 5.44. The number of nitrogens with two attached hydrogens (primary N) is 1. The lowest BCUT2D eigenvalue weighted by atomic mass is 9.91. The number of nitrogens with one attached hydrogen (secondary N) is 2. The van der Waals surface area contributed by atoms with Gasteiger partial charge in [0.25, 0.3) is 5.91 Å². The molecule has 0 heterocycles. The van der Waals surface area contributed by atoms with Crippen LogP contribution in [0.5, 0.6) is 0 Å². The van der Waals surface area contributed by atoms with Gasteiger partial charge in [0.15, 0.2) is 0 Å². The maximum absolute atomic E-state index is 12.7. The average molecular weight is 420 g/mol. The molecule has 1 aliphatic rings. The second kappa shape index (κ2) is 11.7. The lowest BCUT2D eigenvalue weighted by molar-refractivity contribution is -0.124. The molecule has 2 amide bonds. The van der Waals surface area contributed by atoms with E-state index in [-0.39, 0.29) is 36.3 Å². The van der Waals surface area contributed by atoms with Gasteiger partial charge in [-0.15, -0.1) is 12.4 Å². The van der Waals surface area contributed by atoms with Crippen molar-refractivity contribution in [3.8, 4) is 0 Å². The standard InChI is InChI=1S/C18H26ClN3O2S.ClH/c1-25-11-10-16(18(24)21-13-8-6-12(20)7-9-13)22-17(23)14-4-2-3-5-15(14)19;/h2-5,12-13,16H,6-11,20H2,1H3,(H,21,24)(H,22,23);1H. The van der Waals surface area contributed by atoms with Crippen molar-refractivity contribution in [2.24, 2.45) is 5.73 Å². The molecule has 4 N–H and O–H groups in total. The lowest BCUT2D eigenvalue weighted by Gasteiger charge is -2.28. The highest BCUT2D eigenvalue weighted by atomic mass is 35.5. The monoisotopic (exact) mass is 419 g/mol. The molecule has 1 fully saturated rings. The van der Waals surface area contributed by atoms with Crippen LogP contribution in [0.3, 0.4) is 0 Å². The predicted molar refractivity (Wildman–Crippen MR) is 111 cm³/mol. The summed E-state index contributed by atoms with van der Waals surface area (Å²) in [5, 5.41) is 6.28. The highest BCUT2D eigenvalue weighted by molar-refractivity contribution is 7.98. The van der Waals surface area contributed by atoms with Crippen molar-refractivity contribution in [3.05, 3.63) is 34.9 Å². The van der Waals surface area contributed by atoms with E-state index in [0.717, 1.165) is 31.4 Å². The molecule has 0 aliphatic heterocycles. The number of thioether (sulfide) groups is 1. The summed E-state index contributed by atoms with van der Waals surface area (Å²) < 4.78 is 0. The van der Waals surface area contributed by atoms with Crippen molar-refractivity contribution in [2.75, 3.05) is 12.0 Å². The van der Waals surface area contributed by atoms with Crippen LogP contribution in [0.25, 0.3) is 0 Å². The molecule has 26 heavy (non-hydrogen) atoms. The third-order valence-electron chi connectivity index (χ3n) is 4.47. The fourth-order valence-electron chi connectivity index (χ4n) is 2.95. The minimum atomic E-state index is -0.563. The molecule has 8 heteroatoms. The second-order valence-electron chi connectivity index (χ2n) is 6.41. The van der Waals surface area contributed by atoms with Crippen LogP contribution in [0.4, 0.5) is 0 Å². The summed E-state index contributed by atoms with van der Waals surface area (Å²) in [4.78, 5) is 25.1. The van der Waals surface area contributed by atoms with Crippen molar-refractivity contribution in [1.82, 2.24) is 10.6 Å². The summed E-state index contributed by atoms with van der Waals surface area (Å²) in [6.07, 6.45) is 6.18. The number of hydrogen-bond donors (Lipinski definition) is 3. The Labute approximate surface area is 170 Å². The van der Waals surface area contributed by atoms with Gasteiger partial charge in [-0.3, -0.25) is 9.59 Å². The lowest BCUT2D eigenvalue weighted by Crippen LogP contribution is -2.51. The normalized spacial score (nSPS) is 20.6. The molecule has 2 rings (SSSR count). The number of amides is 2. The van der Waals surface area contributed by atoms with E-state index in [4.69, 9.17) is 17.3 Å². The Morgan fingerprint density at radius 3 is 2.54 bits per heavy atom. The highest BCUT2D eigenvalue weighted by Gasteiger charge is 2.26. The van der Waals surface area contributed by atoms with Crippen molar-refractivity contribution in [2.45, 2.75) is 50.2 Å². The Kier molecular flexibility index (Phi) is 10.4. The Balaban J connectivity index is 0.00000338. The summed E-state index contributed by atoms with van der Waals surface area (Å²) in [6, 6.07) is 6.66. The van der Waals surface area contributed by atoms with Crippen LogP contribution >= 0.6 is 35.8 Å². The van der Waals surface area contributed by atoms with E-state index in [2.05, 4.69) is 10.6 Å². The number of carbonyl (C=O) groups is 2. The van der Waals surface area contributed by atoms with Gasteiger partial charge in [0.2, 0.25) is 5.91 Å². The van der Waals surface area contributed by atoms with Crippen LogP contribution in [-0.2, 0) is 4.79 Å². The van der Waals surface area contributed by atoms with E-state index < -0.39 is 6.04 Å². The van der Waals surface area contributed by atoms with Crippen LogP contribution in [0, 0.1) is 0 Å². The molecule has 0 saturated heterocycles. The zero-order valence-corrected chi connectivity index (χ0v) is 17.3. The molecule has 1 unspecified atom stereocenters. The van der Waals surface area contributed by atoms with Gasteiger partial charge < -0.3 is 16.4 Å². The largest absolute Gasteiger partial charge is 0.352 e. The minimum absolute atomic E-state index is 0. The first-order valence-corrected chi connectivity index (χ1v) is 10.4. The number of hydrogen-bond acceptors (Lipinski definition) is 4. The number of halogens is 2. The topological polar surface area (TPSA) is 84.2 Å². The van der Waals surface area contributed by atoms with Crippen LogP contribution in [0.15, 0.2) is 24.3 Å². The molecule has 0 aromatic heterocycles. The summed E-state index contributed by atoms with van der Waals surface area (Å²) in [5.74, 6) is 0.337. The van der Waals surface area contributed by atoms with Crippen LogP contribution < -0.4 is 16.4 Å². The first-order chi connectivity index (χ1) is 12.0. The van der Waals surface area contributed by atoms with Crippen LogP contribution in [0.2, 0.25) is 5.02 Å². The Hall–Kier alpha value is -0.950. The zero-order valence-electron chi connectivity index (χ0n) is 14.9. The molecule has 1 aromatic rings. The highest BCUT2D eigenvalue weighted by Crippen LogP contribution is 2.18.